The van der Waals surface area contributed by atoms with Crippen LogP contribution in [0.1, 0.15) is 23.6 Å². The van der Waals surface area contributed by atoms with Gasteiger partial charge in [0.25, 0.3) is 0 Å². The molecule has 0 aliphatic carbocycles. The van der Waals surface area contributed by atoms with Crippen molar-refractivity contribution in [2.24, 2.45) is 0 Å². The third-order valence-corrected chi connectivity index (χ3v) is 4.72. The van der Waals surface area contributed by atoms with Gasteiger partial charge in [0.15, 0.2) is 0 Å². The zero-order chi connectivity index (χ0) is 15.7. The van der Waals surface area contributed by atoms with Crippen molar-refractivity contribution in [2.45, 2.75) is 32.0 Å². The highest BCUT2D eigenvalue weighted by molar-refractivity contribution is 7.12. The van der Waals surface area contributed by atoms with Crippen LogP contribution in [-0.4, -0.2) is 58.9 Å². The number of rotatable bonds is 2. The molecule has 0 saturated carbocycles. The smallest absolute Gasteiger partial charge is 0.410 e. The van der Waals surface area contributed by atoms with Crippen LogP contribution in [-0.2, 0) is 11.3 Å². The van der Waals surface area contributed by atoms with E-state index < -0.39 is 5.60 Å². The van der Waals surface area contributed by atoms with Crippen LogP contribution in [0.25, 0.3) is 0 Å². The highest BCUT2D eigenvalue weighted by Gasteiger charge is 2.37. The number of carbonyl (C=O) groups is 1. The van der Waals surface area contributed by atoms with Gasteiger partial charge in [-0.1, -0.05) is 11.8 Å². The van der Waals surface area contributed by atoms with Gasteiger partial charge in [-0.05, 0) is 26.0 Å². The molecular weight excluding hydrogens is 300 g/mol. The van der Waals surface area contributed by atoms with Gasteiger partial charge in [0.1, 0.15) is 12.2 Å². The number of thiophene rings is 1. The monoisotopic (exact) mass is 320 g/mol. The Kier molecular flexibility index (Phi) is 4.13. The summed E-state index contributed by atoms with van der Waals surface area (Å²) in [5.41, 5.74) is -0.963. The maximum absolute atomic E-state index is 11.5. The van der Waals surface area contributed by atoms with Gasteiger partial charge in [-0.15, -0.1) is 11.3 Å². The molecule has 1 aromatic rings. The second-order valence-corrected chi connectivity index (χ2v) is 7.40. The van der Waals surface area contributed by atoms with Crippen LogP contribution in [0.4, 0.5) is 4.79 Å². The molecule has 1 atom stereocenters. The fraction of sp³-hybridized carbons (Fsp3) is 0.562. The maximum atomic E-state index is 11.5. The molecule has 0 aromatic carbocycles. The number of aliphatic hydroxyl groups is 1. The van der Waals surface area contributed by atoms with Crippen molar-refractivity contribution < 1.29 is 14.6 Å². The van der Waals surface area contributed by atoms with E-state index in [0.29, 0.717) is 6.61 Å². The minimum absolute atomic E-state index is 0.176. The Morgan fingerprint density at radius 2 is 2.27 bits per heavy atom. The number of fused-ring (bicyclic) bond motifs is 1. The second kappa shape index (κ2) is 5.92. The average molecular weight is 320 g/mol. The summed E-state index contributed by atoms with van der Waals surface area (Å²) in [4.78, 5) is 17.9. The molecule has 1 N–H and O–H groups in total. The molecule has 0 bridgehead atoms. The second-order valence-electron chi connectivity index (χ2n) is 6.23. The lowest BCUT2D eigenvalue weighted by molar-refractivity contribution is 0.116. The standard InChI is InChI=1S/C16H20N2O3S/c1-16(2,20)6-5-13-3-4-14(22-13)10-17-7-8-18-12(9-17)11-21-15(18)19/h3-4,12,20H,7-11H2,1-2H3. The van der Waals surface area contributed by atoms with Crippen LogP contribution in [0.5, 0.6) is 0 Å². The molecule has 22 heavy (non-hydrogen) atoms. The topological polar surface area (TPSA) is 53.0 Å². The number of amides is 1. The van der Waals surface area contributed by atoms with E-state index in [0.717, 1.165) is 31.1 Å². The van der Waals surface area contributed by atoms with Crippen molar-refractivity contribution in [1.82, 2.24) is 9.80 Å². The molecule has 5 nitrogen and oxygen atoms in total. The highest BCUT2D eigenvalue weighted by Crippen LogP contribution is 2.22. The minimum Gasteiger partial charge on any atom is -0.447 e. The Hall–Kier alpha value is -1.55. The maximum Gasteiger partial charge on any atom is 0.410 e. The predicted molar refractivity (Wildman–Crippen MR) is 84.6 cm³/mol. The highest BCUT2D eigenvalue weighted by atomic mass is 32.1. The lowest BCUT2D eigenvalue weighted by Crippen LogP contribution is -2.51. The van der Waals surface area contributed by atoms with Crippen LogP contribution in [0, 0.1) is 11.8 Å². The van der Waals surface area contributed by atoms with Crippen molar-refractivity contribution in [3.8, 4) is 11.8 Å². The summed E-state index contributed by atoms with van der Waals surface area (Å²) < 4.78 is 5.09. The molecular formula is C16H20N2O3S. The number of nitrogens with zero attached hydrogens (tertiary/aromatic N) is 2. The van der Waals surface area contributed by atoms with Crippen LogP contribution in [0.15, 0.2) is 12.1 Å². The molecule has 2 saturated heterocycles. The Bertz CT molecular complexity index is 623. The largest absolute Gasteiger partial charge is 0.447 e. The number of hydrogen-bond acceptors (Lipinski definition) is 5. The third kappa shape index (κ3) is 3.61. The molecule has 118 valence electrons. The van der Waals surface area contributed by atoms with Crippen LogP contribution >= 0.6 is 11.3 Å². The molecule has 1 amide bonds. The summed E-state index contributed by atoms with van der Waals surface area (Å²) in [5, 5.41) is 9.63. The van der Waals surface area contributed by atoms with E-state index in [1.807, 2.05) is 11.0 Å². The zero-order valence-corrected chi connectivity index (χ0v) is 13.7. The summed E-state index contributed by atoms with van der Waals surface area (Å²) >= 11 is 1.65. The Morgan fingerprint density at radius 1 is 1.45 bits per heavy atom. The molecule has 1 aromatic heterocycles. The lowest BCUT2D eigenvalue weighted by Gasteiger charge is -2.35. The molecule has 2 fully saturated rings. The summed E-state index contributed by atoms with van der Waals surface area (Å²) in [7, 11) is 0. The first kappa shape index (κ1) is 15.3. The number of piperazine rings is 1. The van der Waals surface area contributed by atoms with Gasteiger partial charge < -0.3 is 9.84 Å². The first-order valence-corrected chi connectivity index (χ1v) is 8.22. The van der Waals surface area contributed by atoms with Crippen molar-refractivity contribution in [2.75, 3.05) is 26.2 Å². The summed E-state index contributed by atoms with van der Waals surface area (Å²) in [5.74, 6) is 5.84. The van der Waals surface area contributed by atoms with Gasteiger partial charge in [-0.25, -0.2) is 4.79 Å². The van der Waals surface area contributed by atoms with Crippen LogP contribution < -0.4 is 0 Å². The van der Waals surface area contributed by atoms with Crippen LogP contribution in [0.3, 0.4) is 0 Å². The van der Waals surface area contributed by atoms with E-state index in [1.54, 1.807) is 25.2 Å². The lowest BCUT2D eigenvalue weighted by atomic mass is 10.1. The Balaban J connectivity index is 1.59. The molecule has 3 rings (SSSR count). The molecule has 0 radical (unpaired) electrons. The molecule has 6 heteroatoms. The molecule has 0 spiro atoms. The summed E-state index contributed by atoms with van der Waals surface area (Å²) in [6.45, 7) is 7.19. The number of carbonyl (C=O) groups excluding carboxylic acids is 1. The third-order valence-electron chi connectivity index (χ3n) is 3.73. The molecule has 3 heterocycles. The van der Waals surface area contributed by atoms with Gasteiger partial charge in [-0.3, -0.25) is 9.80 Å². The Labute approximate surface area is 134 Å². The zero-order valence-electron chi connectivity index (χ0n) is 12.8. The average Bonchev–Trinajstić information content (AvgIpc) is 3.03. The van der Waals surface area contributed by atoms with Crippen molar-refractivity contribution in [3.63, 3.8) is 0 Å². The number of cyclic esters (lactones) is 1. The van der Waals surface area contributed by atoms with Gasteiger partial charge >= 0.3 is 6.09 Å². The molecule has 1 unspecified atom stereocenters. The molecule has 2 aliphatic heterocycles. The van der Waals surface area contributed by atoms with Gasteiger partial charge in [-0.2, -0.15) is 0 Å². The van der Waals surface area contributed by atoms with Crippen molar-refractivity contribution in [3.05, 3.63) is 21.9 Å². The summed E-state index contributed by atoms with van der Waals surface area (Å²) in [6, 6.07) is 4.27. The van der Waals surface area contributed by atoms with E-state index in [9.17, 15) is 9.90 Å². The van der Waals surface area contributed by atoms with Gasteiger partial charge in [0, 0.05) is 31.1 Å². The minimum atomic E-state index is -0.963. The van der Waals surface area contributed by atoms with Gasteiger partial charge in [0.05, 0.1) is 10.9 Å². The predicted octanol–water partition coefficient (Wildman–Crippen LogP) is 1.51. The fourth-order valence-corrected chi connectivity index (χ4v) is 3.57. The summed E-state index contributed by atoms with van der Waals surface area (Å²) in [6.07, 6.45) is -0.176. The van der Waals surface area contributed by atoms with Crippen LogP contribution in [0.2, 0.25) is 0 Å². The van der Waals surface area contributed by atoms with Gasteiger partial charge in [0.2, 0.25) is 0 Å². The Morgan fingerprint density at radius 3 is 3.05 bits per heavy atom. The normalized spacial score (nSPS) is 22.0. The van der Waals surface area contributed by atoms with Crippen molar-refractivity contribution in [1.29, 1.82) is 0 Å². The first-order valence-electron chi connectivity index (χ1n) is 7.41. The molecule has 2 aliphatic rings. The van der Waals surface area contributed by atoms with E-state index in [4.69, 9.17) is 4.74 Å². The number of ether oxygens (including phenoxy) is 1. The van der Waals surface area contributed by atoms with E-state index >= 15 is 0 Å². The van der Waals surface area contributed by atoms with E-state index in [-0.39, 0.29) is 12.1 Å². The van der Waals surface area contributed by atoms with Crippen molar-refractivity contribution >= 4 is 17.4 Å². The quantitative estimate of drug-likeness (QED) is 0.839. The first-order chi connectivity index (χ1) is 10.4. The SMILES string of the molecule is CC(C)(O)C#Cc1ccc(CN2CCN3C(=O)OCC3C2)s1. The fourth-order valence-electron chi connectivity index (χ4n) is 2.66. The van der Waals surface area contributed by atoms with E-state index in [2.05, 4.69) is 22.8 Å². The number of hydrogen-bond donors (Lipinski definition) is 1. The van der Waals surface area contributed by atoms with E-state index in [1.165, 1.54) is 4.88 Å².